The number of halogens is 1. The number of piperazine rings is 1. The third kappa shape index (κ3) is 3.87. The van der Waals surface area contributed by atoms with E-state index in [4.69, 9.17) is 0 Å². The van der Waals surface area contributed by atoms with E-state index in [0.29, 0.717) is 0 Å². The van der Waals surface area contributed by atoms with Crippen LogP contribution in [0.25, 0.3) is 0 Å². The van der Waals surface area contributed by atoms with Crippen molar-refractivity contribution >= 4 is 44.8 Å². The molecule has 1 atom stereocenters. The normalized spacial score (nSPS) is 22.0. The highest BCUT2D eigenvalue weighted by atomic mass is 79.9. The molecule has 2 amide bonds. The minimum Gasteiger partial charge on any atom is -0.296 e. The molecule has 1 aromatic heterocycles. The molecule has 2 fully saturated rings. The Bertz CT molecular complexity index is 860. The van der Waals surface area contributed by atoms with E-state index in [1.165, 1.54) is 9.78 Å². The fourth-order valence-corrected chi connectivity index (χ4v) is 5.38. The number of para-hydroxylation sites is 1. The Morgan fingerprint density at radius 2 is 1.81 bits per heavy atom. The van der Waals surface area contributed by atoms with Crippen LogP contribution in [-0.4, -0.2) is 53.8 Å². The number of rotatable bonds is 4. The van der Waals surface area contributed by atoms with E-state index in [1.54, 1.807) is 11.3 Å². The Balaban J connectivity index is 1.39. The van der Waals surface area contributed by atoms with Crippen LogP contribution in [-0.2, 0) is 16.1 Å². The zero-order chi connectivity index (χ0) is 19.0. The number of carbonyl (C=O) groups is 2. The minimum atomic E-state index is -0.324. The second-order valence-corrected chi connectivity index (χ2v) is 9.64. The van der Waals surface area contributed by atoms with Gasteiger partial charge in [0.15, 0.2) is 0 Å². The van der Waals surface area contributed by atoms with Gasteiger partial charge in [-0.25, -0.2) is 4.90 Å². The fraction of sp³-hybridized carbons (Fsp3) is 0.400. The van der Waals surface area contributed by atoms with Crippen LogP contribution in [0.2, 0.25) is 0 Å². The number of hydrogen-bond donors (Lipinski definition) is 0. The standard InChI is InChI=1S/C20H22BrN3O2S/c1-14-4-2-3-5-16(14)24-19(25)12-17(20(24)26)23-10-8-22(9-11-23)13-15-6-7-18(21)27-15/h2-7,17H,8-13H2,1H3/t17-/m0/s1. The van der Waals surface area contributed by atoms with Gasteiger partial charge in [0.25, 0.3) is 5.91 Å². The fourth-order valence-electron chi connectivity index (χ4n) is 3.86. The van der Waals surface area contributed by atoms with Crippen LogP contribution < -0.4 is 4.90 Å². The highest BCUT2D eigenvalue weighted by Crippen LogP contribution is 2.29. The van der Waals surface area contributed by atoms with E-state index in [0.717, 1.165) is 47.8 Å². The number of benzene rings is 1. The topological polar surface area (TPSA) is 43.9 Å². The molecule has 0 N–H and O–H groups in total. The monoisotopic (exact) mass is 447 g/mol. The molecule has 0 saturated carbocycles. The van der Waals surface area contributed by atoms with Crippen LogP contribution >= 0.6 is 27.3 Å². The van der Waals surface area contributed by atoms with Gasteiger partial charge >= 0.3 is 0 Å². The summed E-state index contributed by atoms with van der Waals surface area (Å²) < 4.78 is 1.16. The van der Waals surface area contributed by atoms with Crippen molar-refractivity contribution in [3.63, 3.8) is 0 Å². The molecule has 0 radical (unpaired) electrons. The van der Waals surface area contributed by atoms with Gasteiger partial charge in [-0.1, -0.05) is 18.2 Å². The van der Waals surface area contributed by atoms with Gasteiger partial charge in [0.1, 0.15) is 0 Å². The third-order valence-electron chi connectivity index (χ3n) is 5.34. The molecule has 3 heterocycles. The lowest BCUT2D eigenvalue weighted by Gasteiger charge is -2.36. The first-order valence-electron chi connectivity index (χ1n) is 9.16. The van der Waals surface area contributed by atoms with Gasteiger partial charge in [0.05, 0.1) is 21.9 Å². The number of aryl methyl sites for hydroxylation is 1. The molecule has 2 aliphatic rings. The first kappa shape index (κ1) is 18.8. The van der Waals surface area contributed by atoms with Crippen molar-refractivity contribution in [2.45, 2.75) is 25.9 Å². The van der Waals surface area contributed by atoms with Gasteiger partial charge in [0, 0.05) is 37.6 Å². The Labute approximate surface area is 171 Å². The zero-order valence-corrected chi connectivity index (χ0v) is 17.6. The molecule has 0 unspecified atom stereocenters. The van der Waals surface area contributed by atoms with E-state index in [9.17, 15) is 9.59 Å². The van der Waals surface area contributed by atoms with Gasteiger partial charge in [0.2, 0.25) is 5.91 Å². The summed E-state index contributed by atoms with van der Waals surface area (Å²) in [6.45, 7) is 6.34. The number of anilines is 1. The molecular formula is C20H22BrN3O2S. The first-order valence-corrected chi connectivity index (χ1v) is 10.8. The summed E-state index contributed by atoms with van der Waals surface area (Å²) in [5.74, 6) is -0.171. The van der Waals surface area contributed by atoms with Crippen LogP contribution in [0.3, 0.4) is 0 Å². The molecule has 0 bridgehead atoms. The highest BCUT2D eigenvalue weighted by Gasteiger charge is 2.43. The lowest BCUT2D eigenvalue weighted by Crippen LogP contribution is -2.52. The minimum absolute atomic E-state index is 0.0788. The molecule has 142 valence electrons. The maximum atomic E-state index is 13.0. The number of amides is 2. The maximum Gasteiger partial charge on any atom is 0.251 e. The summed E-state index contributed by atoms with van der Waals surface area (Å²) >= 11 is 5.27. The van der Waals surface area contributed by atoms with Gasteiger partial charge in [-0.3, -0.25) is 19.4 Å². The molecule has 2 saturated heterocycles. The average molecular weight is 448 g/mol. The number of thiophene rings is 1. The van der Waals surface area contributed by atoms with Crippen molar-refractivity contribution in [2.24, 2.45) is 0 Å². The smallest absolute Gasteiger partial charge is 0.251 e. The van der Waals surface area contributed by atoms with E-state index in [1.807, 2.05) is 31.2 Å². The number of carbonyl (C=O) groups excluding carboxylic acids is 2. The largest absolute Gasteiger partial charge is 0.296 e. The summed E-state index contributed by atoms with van der Waals surface area (Å²) in [4.78, 5) is 32.9. The molecular weight excluding hydrogens is 426 g/mol. The van der Waals surface area contributed by atoms with Crippen molar-refractivity contribution in [1.29, 1.82) is 0 Å². The number of hydrogen-bond acceptors (Lipinski definition) is 5. The predicted molar refractivity (Wildman–Crippen MR) is 111 cm³/mol. The van der Waals surface area contributed by atoms with Gasteiger partial charge in [-0.2, -0.15) is 0 Å². The SMILES string of the molecule is Cc1ccccc1N1C(=O)C[C@H](N2CCN(Cc3ccc(Br)s3)CC2)C1=O. The number of nitrogens with zero attached hydrogens (tertiary/aromatic N) is 3. The average Bonchev–Trinajstić information content (AvgIpc) is 3.19. The lowest BCUT2D eigenvalue weighted by atomic mass is 10.1. The molecule has 0 aliphatic carbocycles. The number of imide groups is 1. The quantitative estimate of drug-likeness (QED) is 0.674. The molecule has 27 heavy (non-hydrogen) atoms. The molecule has 1 aromatic carbocycles. The summed E-state index contributed by atoms with van der Waals surface area (Å²) in [5, 5.41) is 0. The van der Waals surface area contributed by atoms with Crippen LogP contribution in [0.15, 0.2) is 40.2 Å². The molecule has 7 heteroatoms. The second kappa shape index (κ2) is 7.83. The Kier molecular flexibility index (Phi) is 5.45. The van der Waals surface area contributed by atoms with Crippen molar-refractivity contribution in [2.75, 3.05) is 31.1 Å². The van der Waals surface area contributed by atoms with Crippen molar-refractivity contribution in [3.8, 4) is 0 Å². The van der Waals surface area contributed by atoms with Crippen molar-refractivity contribution in [3.05, 3.63) is 50.6 Å². The lowest BCUT2D eigenvalue weighted by molar-refractivity contribution is -0.123. The van der Waals surface area contributed by atoms with E-state index in [-0.39, 0.29) is 24.3 Å². The van der Waals surface area contributed by atoms with Crippen LogP contribution in [0.1, 0.15) is 16.9 Å². The van der Waals surface area contributed by atoms with Gasteiger partial charge in [-0.15, -0.1) is 11.3 Å². The third-order valence-corrected chi connectivity index (χ3v) is 6.94. The summed E-state index contributed by atoms with van der Waals surface area (Å²) in [6, 6.07) is 11.5. The van der Waals surface area contributed by atoms with Crippen LogP contribution in [0, 0.1) is 6.92 Å². The van der Waals surface area contributed by atoms with Crippen molar-refractivity contribution in [1.82, 2.24) is 9.80 Å². The zero-order valence-electron chi connectivity index (χ0n) is 15.2. The van der Waals surface area contributed by atoms with Crippen LogP contribution in [0.4, 0.5) is 5.69 Å². The predicted octanol–water partition coefficient (Wildman–Crippen LogP) is 3.27. The molecule has 2 aromatic rings. The highest BCUT2D eigenvalue weighted by molar-refractivity contribution is 9.11. The molecule has 5 nitrogen and oxygen atoms in total. The second-order valence-electron chi connectivity index (χ2n) is 7.09. The molecule has 2 aliphatic heterocycles. The van der Waals surface area contributed by atoms with Crippen molar-refractivity contribution < 1.29 is 9.59 Å². The van der Waals surface area contributed by atoms with Gasteiger partial charge in [-0.05, 0) is 46.6 Å². The first-order chi connectivity index (χ1) is 13.0. The molecule has 0 spiro atoms. The van der Waals surface area contributed by atoms with E-state index >= 15 is 0 Å². The van der Waals surface area contributed by atoms with E-state index in [2.05, 4.69) is 37.9 Å². The van der Waals surface area contributed by atoms with Gasteiger partial charge < -0.3 is 0 Å². The molecule has 4 rings (SSSR count). The Morgan fingerprint density at radius 1 is 1.07 bits per heavy atom. The summed E-state index contributed by atoms with van der Waals surface area (Å²) in [7, 11) is 0. The Morgan fingerprint density at radius 3 is 2.48 bits per heavy atom. The maximum absolute atomic E-state index is 13.0. The summed E-state index contributed by atoms with van der Waals surface area (Å²) in [6.07, 6.45) is 0.283. The Hall–Kier alpha value is -1.54. The van der Waals surface area contributed by atoms with Crippen LogP contribution in [0.5, 0.6) is 0 Å². The summed E-state index contributed by atoms with van der Waals surface area (Å²) in [5.41, 5.74) is 1.67. The van der Waals surface area contributed by atoms with E-state index < -0.39 is 0 Å².